The van der Waals surface area contributed by atoms with E-state index in [0.29, 0.717) is 16.7 Å². The highest BCUT2D eigenvalue weighted by Crippen LogP contribution is 2.31. The fourth-order valence-corrected chi connectivity index (χ4v) is 4.74. The van der Waals surface area contributed by atoms with Gasteiger partial charge in [-0.05, 0) is 50.6 Å². The Kier molecular flexibility index (Phi) is 9.42. The maximum absolute atomic E-state index is 13.0. The minimum Gasteiger partial charge on any atom is -0.459 e. The van der Waals surface area contributed by atoms with E-state index in [-0.39, 0.29) is 18.6 Å². The molecule has 2 heterocycles. The molecule has 2 N–H and O–H groups in total. The van der Waals surface area contributed by atoms with Gasteiger partial charge in [0, 0.05) is 12.6 Å². The summed E-state index contributed by atoms with van der Waals surface area (Å²) in [5, 5.41) is 10.5. The molecule has 1 unspecified atom stereocenters. The van der Waals surface area contributed by atoms with E-state index in [1.165, 1.54) is 6.20 Å². The summed E-state index contributed by atoms with van der Waals surface area (Å²) in [5.41, 5.74) is 2.62. The van der Waals surface area contributed by atoms with Gasteiger partial charge in [0.1, 0.15) is 36.7 Å². The second kappa shape index (κ2) is 13.6. The molecule has 1 saturated heterocycles. The van der Waals surface area contributed by atoms with Crippen LogP contribution in [0.2, 0.25) is 0 Å². The number of aromatic nitrogens is 2. The van der Waals surface area contributed by atoms with Crippen molar-refractivity contribution in [2.75, 3.05) is 6.61 Å². The van der Waals surface area contributed by atoms with Crippen LogP contribution in [-0.4, -0.2) is 45.4 Å². The molecule has 0 aliphatic carbocycles. The molecule has 3 aromatic carbocycles. The van der Waals surface area contributed by atoms with Crippen LogP contribution in [0.4, 0.5) is 0 Å². The zero-order valence-corrected chi connectivity index (χ0v) is 25.0. The SMILES string of the molecule is Cc1ccc(C(=O)OC[C@H]2O[C@@H](n3cc(C#CC(O)c4ccc(C)cc4)c(=O)[nH]c3=O)C[C@@H]2OC(=O)c2ccc(C)cc2)cc1. The van der Waals surface area contributed by atoms with Gasteiger partial charge in [0.25, 0.3) is 5.56 Å². The highest BCUT2D eigenvalue weighted by molar-refractivity contribution is 5.90. The van der Waals surface area contributed by atoms with Crippen molar-refractivity contribution in [3.05, 3.63) is 139 Å². The van der Waals surface area contributed by atoms with Crippen molar-refractivity contribution in [2.45, 2.75) is 51.7 Å². The number of H-pyrrole nitrogens is 1. The molecular formula is C35H32N2O8. The fraction of sp³-hybridized carbons (Fsp3) is 0.257. The van der Waals surface area contributed by atoms with E-state index in [9.17, 15) is 24.3 Å². The number of nitrogens with zero attached hydrogens (tertiary/aromatic N) is 1. The number of aliphatic hydroxyl groups is 1. The van der Waals surface area contributed by atoms with E-state index in [1.807, 2.05) is 32.9 Å². The summed E-state index contributed by atoms with van der Waals surface area (Å²) >= 11 is 0. The summed E-state index contributed by atoms with van der Waals surface area (Å²) in [6, 6.07) is 20.8. The van der Waals surface area contributed by atoms with Gasteiger partial charge in [-0.1, -0.05) is 77.1 Å². The zero-order chi connectivity index (χ0) is 32.1. The van der Waals surface area contributed by atoms with Crippen molar-refractivity contribution in [3.8, 4) is 11.8 Å². The molecule has 5 rings (SSSR count). The first-order chi connectivity index (χ1) is 21.6. The lowest BCUT2D eigenvalue weighted by Gasteiger charge is -2.19. The lowest BCUT2D eigenvalue weighted by atomic mass is 10.1. The number of esters is 2. The summed E-state index contributed by atoms with van der Waals surface area (Å²) in [6.45, 7) is 5.45. The lowest BCUT2D eigenvalue weighted by molar-refractivity contribution is -0.0582. The number of ether oxygens (including phenoxy) is 3. The molecule has 1 aliphatic heterocycles. The van der Waals surface area contributed by atoms with Gasteiger partial charge in [-0.25, -0.2) is 14.4 Å². The van der Waals surface area contributed by atoms with Gasteiger partial charge in [-0.15, -0.1) is 0 Å². The number of aliphatic hydroxyl groups excluding tert-OH is 1. The van der Waals surface area contributed by atoms with Crippen molar-refractivity contribution in [1.29, 1.82) is 0 Å². The maximum atomic E-state index is 13.0. The highest BCUT2D eigenvalue weighted by atomic mass is 16.6. The predicted octanol–water partition coefficient (Wildman–Crippen LogP) is 3.92. The van der Waals surface area contributed by atoms with Gasteiger partial charge in [0.15, 0.2) is 0 Å². The number of carbonyl (C=O) groups excluding carboxylic acids is 2. The number of carbonyl (C=O) groups is 2. The first kappa shape index (κ1) is 31.2. The molecule has 0 radical (unpaired) electrons. The second-order valence-electron chi connectivity index (χ2n) is 10.9. The average molecular weight is 609 g/mol. The lowest BCUT2D eigenvalue weighted by Crippen LogP contribution is -2.34. The number of aromatic amines is 1. The quantitative estimate of drug-likeness (QED) is 0.238. The Balaban J connectivity index is 1.38. The van der Waals surface area contributed by atoms with E-state index < -0.39 is 47.7 Å². The van der Waals surface area contributed by atoms with Gasteiger partial charge in [-0.3, -0.25) is 14.3 Å². The van der Waals surface area contributed by atoms with E-state index in [4.69, 9.17) is 14.2 Å². The fourth-order valence-electron chi connectivity index (χ4n) is 4.74. The summed E-state index contributed by atoms with van der Waals surface area (Å²) in [5.74, 6) is 4.09. The number of hydrogen-bond donors (Lipinski definition) is 2. The molecule has 4 atom stereocenters. The molecule has 1 fully saturated rings. The Bertz CT molecular complexity index is 1860. The van der Waals surface area contributed by atoms with Gasteiger partial charge in [-0.2, -0.15) is 0 Å². The van der Waals surface area contributed by atoms with E-state index >= 15 is 0 Å². The molecule has 0 spiro atoms. The summed E-state index contributed by atoms with van der Waals surface area (Å²) in [4.78, 5) is 53.4. The van der Waals surface area contributed by atoms with Gasteiger partial charge >= 0.3 is 17.6 Å². The average Bonchev–Trinajstić information content (AvgIpc) is 3.42. The van der Waals surface area contributed by atoms with Gasteiger partial charge in [0.2, 0.25) is 0 Å². The third kappa shape index (κ3) is 7.65. The Morgan fingerprint density at radius 2 is 1.47 bits per heavy atom. The first-order valence-corrected chi connectivity index (χ1v) is 14.4. The Morgan fingerprint density at radius 1 is 0.911 bits per heavy atom. The van der Waals surface area contributed by atoms with Crippen LogP contribution in [0.15, 0.2) is 88.6 Å². The predicted molar refractivity (Wildman–Crippen MR) is 165 cm³/mol. The smallest absolute Gasteiger partial charge is 0.338 e. The van der Waals surface area contributed by atoms with E-state index in [0.717, 1.165) is 21.3 Å². The normalized spacial score (nSPS) is 18.0. The molecule has 0 amide bonds. The van der Waals surface area contributed by atoms with Crippen LogP contribution in [0.5, 0.6) is 0 Å². The molecule has 4 aromatic rings. The van der Waals surface area contributed by atoms with Crippen LogP contribution in [0.25, 0.3) is 0 Å². The second-order valence-corrected chi connectivity index (χ2v) is 10.9. The highest BCUT2D eigenvalue weighted by Gasteiger charge is 2.40. The third-order valence-corrected chi connectivity index (χ3v) is 7.41. The molecule has 45 heavy (non-hydrogen) atoms. The Labute approximate surface area is 259 Å². The number of nitrogens with one attached hydrogen (secondary N) is 1. The van der Waals surface area contributed by atoms with Crippen molar-refractivity contribution in [1.82, 2.24) is 9.55 Å². The summed E-state index contributed by atoms with van der Waals surface area (Å²) in [7, 11) is 0. The van der Waals surface area contributed by atoms with Crippen molar-refractivity contribution >= 4 is 11.9 Å². The van der Waals surface area contributed by atoms with Crippen LogP contribution >= 0.6 is 0 Å². The number of hydrogen-bond acceptors (Lipinski definition) is 8. The van der Waals surface area contributed by atoms with Crippen LogP contribution < -0.4 is 11.2 Å². The summed E-state index contributed by atoms with van der Waals surface area (Å²) in [6.07, 6.45) is -2.71. The van der Waals surface area contributed by atoms with Crippen LogP contribution in [0.1, 0.15) is 67.3 Å². The molecule has 1 aliphatic rings. The molecule has 10 heteroatoms. The van der Waals surface area contributed by atoms with Crippen molar-refractivity contribution in [3.63, 3.8) is 0 Å². The molecular weight excluding hydrogens is 576 g/mol. The zero-order valence-electron chi connectivity index (χ0n) is 25.0. The largest absolute Gasteiger partial charge is 0.459 e. The standard InChI is InChI=1S/C35H32N2O8/c1-21-4-10-24(11-5-21)28(38)17-16-27-19-37(35(42)36-32(27)39)31-18-29(45-34(41)26-14-8-23(3)9-15-26)30(44-31)20-43-33(40)25-12-6-22(2)7-13-25/h4-15,19,28-31,38H,18,20H2,1-3H3,(H,36,39,42)/t28?,29-,30+,31+/m0/s1. The first-order valence-electron chi connectivity index (χ1n) is 14.4. The Hall–Kier alpha value is -5.24. The molecule has 1 aromatic heterocycles. The molecule has 230 valence electrons. The van der Waals surface area contributed by atoms with Gasteiger partial charge in [0.05, 0.1) is 11.1 Å². The van der Waals surface area contributed by atoms with E-state index in [2.05, 4.69) is 16.8 Å². The van der Waals surface area contributed by atoms with Crippen molar-refractivity contribution < 1.29 is 28.9 Å². The molecule has 10 nitrogen and oxygen atoms in total. The topological polar surface area (TPSA) is 137 Å². The van der Waals surface area contributed by atoms with Crippen LogP contribution in [-0.2, 0) is 14.2 Å². The van der Waals surface area contributed by atoms with Crippen LogP contribution in [0, 0.1) is 32.6 Å². The number of aryl methyl sites for hydroxylation is 3. The van der Waals surface area contributed by atoms with Crippen LogP contribution in [0.3, 0.4) is 0 Å². The summed E-state index contributed by atoms with van der Waals surface area (Å²) < 4.78 is 18.5. The molecule has 0 saturated carbocycles. The van der Waals surface area contributed by atoms with Crippen molar-refractivity contribution in [2.24, 2.45) is 0 Å². The number of rotatable bonds is 7. The third-order valence-electron chi connectivity index (χ3n) is 7.41. The minimum absolute atomic E-state index is 0.0230. The Morgan fingerprint density at radius 3 is 2.07 bits per heavy atom. The van der Waals surface area contributed by atoms with E-state index in [1.54, 1.807) is 60.7 Å². The van der Waals surface area contributed by atoms with Gasteiger partial charge < -0.3 is 19.3 Å². The monoisotopic (exact) mass is 608 g/mol. The molecule has 0 bridgehead atoms. The number of benzene rings is 3. The maximum Gasteiger partial charge on any atom is 0.338 e. The minimum atomic E-state index is -1.16.